The van der Waals surface area contributed by atoms with Crippen molar-refractivity contribution in [1.82, 2.24) is 9.97 Å². The summed E-state index contributed by atoms with van der Waals surface area (Å²) in [5.74, 6) is -0.177. The number of hydrogen-bond donors (Lipinski definition) is 2. The Bertz CT molecular complexity index is 1410. The molecule has 0 atom stereocenters. The van der Waals surface area contributed by atoms with Gasteiger partial charge in [-0.25, -0.2) is 4.79 Å². The molecule has 0 amide bonds. The molecule has 0 aliphatic heterocycles. The maximum absolute atomic E-state index is 12.9. The van der Waals surface area contributed by atoms with Crippen LogP contribution in [0.2, 0.25) is 0 Å². The van der Waals surface area contributed by atoms with Crippen molar-refractivity contribution >= 4 is 39.6 Å². The van der Waals surface area contributed by atoms with Gasteiger partial charge in [-0.15, -0.1) is 0 Å². The van der Waals surface area contributed by atoms with Gasteiger partial charge in [0.15, 0.2) is 0 Å². The van der Waals surface area contributed by atoms with Gasteiger partial charge in [-0.3, -0.25) is 4.79 Å². The highest BCUT2D eigenvalue weighted by Crippen LogP contribution is 2.24. The van der Waals surface area contributed by atoms with E-state index in [9.17, 15) is 9.59 Å². The van der Waals surface area contributed by atoms with Crippen LogP contribution in [0, 0.1) is 0 Å². The molecule has 0 fully saturated rings. The Hall–Kier alpha value is -4.38. The lowest BCUT2D eigenvalue weighted by Gasteiger charge is -2.01. The lowest BCUT2D eigenvalue weighted by Crippen LogP contribution is -2.03. The maximum Gasteiger partial charge on any atom is 0.336 e. The summed E-state index contributed by atoms with van der Waals surface area (Å²) in [6, 6.07) is 26.1. The third-order valence-electron chi connectivity index (χ3n) is 5.04. The number of carbonyl (C=O) groups is 2. The molecular formula is C26H18N2O3. The third kappa shape index (κ3) is 3.89. The van der Waals surface area contributed by atoms with E-state index in [2.05, 4.69) is 9.97 Å². The first-order chi connectivity index (χ1) is 15.2. The zero-order chi connectivity index (χ0) is 21.2. The number of benzene rings is 3. The van der Waals surface area contributed by atoms with E-state index in [1.54, 1.807) is 30.3 Å². The summed E-state index contributed by atoms with van der Waals surface area (Å²) in [7, 11) is 0. The number of nitrogens with one attached hydrogen (secondary N) is 2. The van der Waals surface area contributed by atoms with Crippen LogP contribution in [0.4, 0.5) is 0 Å². The third-order valence-corrected chi connectivity index (χ3v) is 5.04. The molecular weight excluding hydrogens is 388 g/mol. The predicted molar refractivity (Wildman–Crippen MR) is 121 cm³/mol. The van der Waals surface area contributed by atoms with E-state index in [-0.39, 0.29) is 5.78 Å². The summed E-state index contributed by atoms with van der Waals surface area (Å²) >= 11 is 0. The highest BCUT2D eigenvalue weighted by atomic mass is 16.5. The van der Waals surface area contributed by atoms with Crippen LogP contribution in [0.3, 0.4) is 0 Å². The van der Waals surface area contributed by atoms with Crippen LogP contribution in [0.25, 0.3) is 27.9 Å². The van der Waals surface area contributed by atoms with Crippen LogP contribution >= 0.6 is 0 Å². The van der Waals surface area contributed by atoms with E-state index < -0.39 is 5.97 Å². The number of ketones is 1. The monoisotopic (exact) mass is 406 g/mol. The summed E-state index contributed by atoms with van der Waals surface area (Å²) in [6.07, 6.45) is 3.09. The Kier molecular flexibility index (Phi) is 4.69. The van der Waals surface area contributed by atoms with E-state index in [1.165, 1.54) is 6.08 Å². The Morgan fingerprint density at radius 1 is 0.710 bits per heavy atom. The van der Waals surface area contributed by atoms with Crippen molar-refractivity contribution in [3.8, 4) is 5.75 Å². The van der Waals surface area contributed by atoms with Gasteiger partial charge in [0, 0.05) is 27.9 Å². The average Bonchev–Trinajstić information content (AvgIpc) is 3.42. The van der Waals surface area contributed by atoms with Crippen molar-refractivity contribution in [2.24, 2.45) is 0 Å². The molecule has 0 spiro atoms. The molecule has 150 valence electrons. The van der Waals surface area contributed by atoms with Crippen LogP contribution in [0.1, 0.15) is 21.7 Å². The number of para-hydroxylation sites is 1. The lowest BCUT2D eigenvalue weighted by atomic mass is 10.2. The molecule has 2 N–H and O–H groups in total. The van der Waals surface area contributed by atoms with Crippen LogP contribution < -0.4 is 4.74 Å². The van der Waals surface area contributed by atoms with E-state index in [0.29, 0.717) is 17.1 Å². The fourth-order valence-corrected chi connectivity index (χ4v) is 3.52. The fraction of sp³-hybridized carbons (Fsp3) is 0. The number of fused-ring (bicyclic) bond motifs is 2. The average molecular weight is 406 g/mol. The van der Waals surface area contributed by atoms with Gasteiger partial charge in [0.05, 0.1) is 11.4 Å². The number of aromatic nitrogens is 2. The smallest absolute Gasteiger partial charge is 0.336 e. The van der Waals surface area contributed by atoms with Gasteiger partial charge < -0.3 is 14.7 Å². The first-order valence-corrected chi connectivity index (χ1v) is 9.86. The largest absolute Gasteiger partial charge is 0.423 e. The highest BCUT2D eigenvalue weighted by molar-refractivity contribution is 6.11. The normalized spacial score (nSPS) is 11.4. The zero-order valence-electron chi connectivity index (χ0n) is 16.5. The minimum atomic E-state index is -0.465. The molecule has 2 heterocycles. The summed E-state index contributed by atoms with van der Waals surface area (Å²) in [5.41, 5.74) is 3.61. The van der Waals surface area contributed by atoms with Crippen LogP contribution in [0.15, 0.2) is 91.0 Å². The van der Waals surface area contributed by atoms with Gasteiger partial charge in [-0.1, -0.05) is 48.5 Å². The topological polar surface area (TPSA) is 75.0 Å². The van der Waals surface area contributed by atoms with Crippen molar-refractivity contribution < 1.29 is 14.3 Å². The van der Waals surface area contributed by atoms with Gasteiger partial charge in [0.1, 0.15) is 5.75 Å². The minimum Gasteiger partial charge on any atom is -0.423 e. The molecule has 0 bridgehead atoms. The number of H-pyrrole nitrogens is 2. The second kappa shape index (κ2) is 7.80. The molecule has 5 aromatic rings. The Morgan fingerprint density at radius 2 is 1.39 bits per heavy atom. The molecule has 0 saturated heterocycles. The van der Waals surface area contributed by atoms with Gasteiger partial charge in [0.25, 0.3) is 0 Å². The Morgan fingerprint density at radius 3 is 2.16 bits per heavy atom. The van der Waals surface area contributed by atoms with Crippen molar-refractivity contribution in [3.63, 3.8) is 0 Å². The second-order valence-corrected chi connectivity index (χ2v) is 7.20. The van der Waals surface area contributed by atoms with Crippen molar-refractivity contribution in [2.75, 3.05) is 0 Å². The lowest BCUT2D eigenvalue weighted by molar-refractivity contribution is -0.128. The fourth-order valence-electron chi connectivity index (χ4n) is 3.52. The molecule has 0 unspecified atom stereocenters. The molecule has 5 rings (SSSR count). The molecule has 0 radical (unpaired) electrons. The highest BCUT2D eigenvalue weighted by Gasteiger charge is 2.15. The SMILES string of the molecule is O=C(/C=C/c1ccccc1)Oc1ccc2[nH]c(C(=O)c3cc4ccccc4[nH]3)cc2c1. The molecule has 5 heteroatoms. The first kappa shape index (κ1) is 18.6. The quantitative estimate of drug-likeness (QED) is 0.175. The van der Waals surface area contributed by atoms with E-state index in [0.717, 1.165) is 27.4 Å². The Labute approximate surface area is 178 Å². The zero-order valence-corrected chi connectivity index (χ0v) is 16.5. The van der Waals surface area contributed by atoms with E-state index in [1.807, 2.05) is 60.7 Å². The van der Waals surface area contributed by atoms with Gasteiger partial charge in [-0.2, -0.15) is 0 Å². The van der Waals surface area contributed by atoms with E-state index in [4.69, 9.17) is 4.74 Å². The van der Waals surface area contributed by atoms with Gasteiger partial charge >= 0.3 is 5.97 Å². The molecule has 0 aliphatic rings. The van der Waals surface area contributed by atoms with E-state index >= 15 is 0 Å². The molecule has 0 aliphatic carbocycles. The number of rotatable bonds is 5. The van der Waals surface area contributed by atoms with Gasteiger partial charge in [0.2, 0.25) is 5.78 Å². The van der Waals surface area contributed by atoms with Crippen LogP contribution in [-0.2, 0) is 4.79 Å². The van der Waals surface area contributed by atoms with Crippen LogP contribution in [-0.4, -0.2) is 21.7 Å². The van der Waals surface area contributed by atoms with Crippen molar-refractivity contribution in [1.29, 1.82) is 0 Å². The second-order valence-electron chi connectivity index (χ2n) is 7.20. The minimum absolute atomic E-state index is 0.128. The number of esters is 1. The molecule has 2 aromatic heterocycles. The first-order valence-electron chi connectivity index (χ1n) is 9.86. The summed E-state index contributed by atoms with van der Waals surface area (Å²) in [4.78, 5) is 31.3. The molecule has 31 heavy (non-hydrogen) atoms. The number of ether oxygens (including phenoxy) is 1. The molecule has 5 nitrogen and oxygen atoms in total. The summed E-state index contributed by atoms with van der Waals surface area (Å²) < 4.78 is 5.41. The number of aromatic amines is 2. The molecule has 3 aromatic carbocycles. The standard InChI is InChI=1S/C26H18N2O3/c29-25(13-10-17-6-2-1-3-7-17)31-20-11-12-22-19(14-20)16-24(28-22)26(30)23-15-18-8-4-5-9-21(18)27-23/h1-16,27-28H/b13-10+. The summed E-state index contributed by atoms with van der Waals surface area (Å²) in [5, 5.41) is 1.77. The number of carbonyl (C=O) groups excluding carboxylic acids is 2. The van der Waals surface area contributed by atoms with Crippen molar-refractivity contribution in [2.45, 2.75) is 0 Å². The molecule has 0 saturated carbocycles. The number of hydrogen-bond acceptors (Lipinski definition) is 3. The Balaban J connectivity index is 1.35. The van der Waals surface area contributed by atoms with Crippen molar-refractivity contribution in [3.05, 3.63) is 108 Å². The predicted octanol–water partition coefficient (Wildman–Crippen LogP) is 5.50. The summed E-state index contributed by atoms with van der Waals surface area (Å²) in [6.45, 7) is 0. The van der Waals surface area contributed by atoms with Crippen LogP contribution in [0.5, 0.6) is 5.75 Å². The van der Waals surface area contributed by atoms with Gasteiger partial charge in [-0.05, 0) is 48.0 Å². The maximum atomic E-state index is 12.9.